The molecule has 0 spiro atoms. The fourth-order valence-corrected chi connectivity index (χ4v) is 2.56. The van der Waals surface area contributed by atoms with Gasteiger partial charge in [0.2, 0.25) is 0 Å². The van der Waals surface area contributed by atoms with E-state index in [9.17, 15) is 27.5 Å². The van der Waals surface area contributed by atoms with E-state index in [4.69, 9.17) is 11.6 Å². The molecule has 0 radical (unpaired) electrons. The Bertz CT molecular complexity index is 966. The molecule has 0 aliphatic rings. The van der Waals surface area contributed by atoms with E-state index in [1.54, 1.807) is 0 Å². The molecule has 0 amide bonds. The van der Waals surface area contributed by atoms with Crippen molar-refractivity contribution in [3.05, 3.63) is 52.9 Å². The van der Waals surface area contributed by atoms with Crippen molar-refractivity contribution in [2.45, 2.75) is 6.18 Å². The zero-order valence-corrected chi connectivity index (χ0v) is 12.4. The Morgan fingerprint density at radius 3 is 2.50 bits per heavy atom. The van der Waals surface area contributed by atoms with Gasteiger partial charge in [-0.25, -0.2) is 18.7 Å². The normalized spacial score (nSPS) is 11.9. The first kappa shape index (κ1) is 16.3. The van der Waals surface area contributed by atoms with Gasteiger partial charge in [-0.15, -0.1) is 0 Å². The summed E-state index contributed by atoms with van der Waals surface area (Å²) < 4.78 is 53.7. The number of halogens is 5. The second-order valence-electron chi connectivity index (χ2n) is 4.88. The molecule has 0 fully saturated rings. The first-order chi connectivity index (χ1) is 11.2. The van der Waals surface area contributed by atoms with Crippen LogP contribution in [0.1, 0.15) is 5.56 Å². The molecule has 2 heterocycles. The predicted molar refractivity (Wildman–Crippen MR) is 78.6 cm³/mol. The van der Waals surface area contributed by atoms with E-state index < -0.39 is 29.2 Å². The number of alkyl halides is 3. The summed E-state index contributed by atoms with van der Waals surface area (Å²) in [5.41, 5.74) is -2.24. The lowest BCUT2D eigenvalue weighted by atomic mass is 10.0. The maximum atomic E-state index is 13.5. The largest absolute Gasteiger partial charge is 0.464 e. The number of aromatic nitrogens is 2. The molecule has 1 N–H and O–H groups in total. The van der Waals surface area contributed by atoms with Gasteiger partial charge in [0, 0.05) is 10.9 Å². The minimum Gasteiger partial charge on any atom is -0.464 e. The number of hydrogen-bond acceptors (Lipinski definition) is 2. The molecule has 0 aliphatic carbocycles. The number of hydrogen-bond donors (Lipinski definition) is 1. The topological polar surface area (TPSA) is 55.1 Å². The highest BCUT2D eigenvalue weighted by Gasteiger charge is 2.35. The standard InChI is InChI=1S/C15H7ClF4N2O2/c16-12-4-1-7-5-11(22(14(23)24)13(7)21-12)9-6-8(17)2-3-10(9)15(18,19)20/h1-6H,(H,23,24). The number of rotatable bonds is 1. The third kappa shape index (κ3) is 2.69. The van der Waals surface area contributed by atoms with Crippen LogP contribution in [0.4, 0.5) is 22.4 Å². The second kappa shape index (κ2) is 5.48. The highest BCUT2D eigenvalue weighted by molar-refractivity contribution is 6.29. The van der Waals surface area contributed by atoms with Crippen molar-refractivity contribution in [2.75, 3.05) is 0 Å². The molecule has 1 aromatic carbocycles. The number of benzene rings is 1. The van der Waals surface area contributed by atoms with Crippen LogP contribution in [-0.4, -0.2) is 20.8 Å². The minimum absolute atomic E-state index is 0.0232. The van der Waals surface area contributed by atoms with Gasteiger partial charge in [0.05, 0.1) is 11.3 Å². The van der Waals surface area contributed by atoms with Crippen molar-refractivity contribution in [3.8, 4) is 11.3 Å². The van der Waals surface area contributed by atoms with Gasteiger partial charge in [0.25, 0.3) is 0 Å². The van der Waals surface area contributed by atoms with E-state index in [0.717, 1.165) is 0 Å². The van der Waals surface area contributed by atoms with Gasteiger partial charge in [0.15, 0.2) is 5.65 Å². The predicted octanol–water partition coefficient (Wildman–Crippen LogP) is 5.04. The summed E-state index contributed by atoms with van der Waals surface area (Å²) in [4.78, 5) is 15.4. The van der Waals surface area contributed by atoms with E-state index in [1.165, 1.54) is 18.2 Å². The van der Waals surface area contributed by atoms with Crippen LogP contribution in [0, 0.1) is 5.82 Å². The first-order valence-corrected chi connectivity index (χ1v) is 6.84. The van der Waals surface area contributed by atoms with Crippen molar-refractivity contribution in [3.63, 3.8) is 0 Å². The lowest BCUT2D eigenvalue weighted by molar-refractivity contribution is -0.137. The summed E-state index contributed by atoms with van der Waals surface area (Å²) in [5, 5.41) is 9.61. The van der Waals surface area contributed by atoms with E-state index in [1.807, 2.05) is 0 Å². The minimum atomic E-state index is -4.78. The molecule has 0 atom stereocenters. The molecule has 0 unspecified atom stereocenters. The summed E-state index contributed by atoms with van der Waals surface area (Å²) >= 11 is 5.72. The molecule has 3 rings (SSSR count). The summed E-state index contributed by atoms with van der Waals surface area (Å²) in [6, 6.07) is 5.84. The monoisotopic (exact) mass is 358 g/mol. The van der Waals surface area contributed by atoms with Crippen molar-refractivity contribution in [2.24, 2.45) is 0 Å². The SMILES string of the molecule is O=C(O)n1c(-c2cc(F)ccc2C(F)(F)F)cc2ccc(Cl)nc21. The van der Waals surface area contributed by atoms with Crippen LogP contribution >= 0.6 is 11.6 Å². The van der Waals surface area contributed by atoms with Crippen LogP contribution < -0.4 is 0 Å². The molecule has 0 aliphatic heterocycles. The van der Waals surface area contributed by atoms with E-state index in [-0.39, 0.29) is 21.9 Å². The maximum absolute atomic E-state index is 13.5. The van der Waals surface area contributed by atoms with Crippen LogP contribution in [0.5, 0.6) is 0 Å². The van der Waals surface area contributed by atoms with Gasteiger partial charge in [0.1, 0.15) is 11.0 Å². The van der Waals surface area contributed by atoms with Crippen LogP contribution in [0.15, 0.2) is 36.4 Å². The Morgan fingerprint density at radius 1 is 1.17 bits per heavy atom. The van der Waals surface area contributed by atoms with E-state index >= 15 is 0 Å². The van der Waals surface area contributed by atoms with Crippen LogP contribution in [0.2, 0.25) is 5.15 Å². The molecule has 3 aromatic rings. The average Bonchev–Trinajstić information content (AvgIpc) is 2.84. The third-order valence-corrected chi connectivity index (χ3v) is 3.58. The zero-order chi connectivity index (χ0) is 17.6. The summed E-state index contributed by atoms with van der Waals surface area (Å²) in [5.74, 6) is -0.925. The highest BCUT2D eigenvalue weighted by atomic mass is 35.5. The van der Waals surface area contributed by atoms with Crippen LogP contribution in [0.25, 0.3) is 22.3 Å². The summed E-state index contributed by atoms with van der Waals surface area (Å²) in [6.45, 7) is 0. The molecule has 124 valence electrons. The van der Waals surface area contributed by atoms with Gasteiger partial charge in [-0.05, 0) is 36.4 Å². The van der Waals surface area contributed by atoms with Gasteiger partial charge >= 0.3 is 12.3 Å². The van der Waals surface area contributed by atoms with Crippen molar-refractivity contribution < 1.29 is 27.5 Å². The van der Waals surface area contributed by atoms with Crippen molar-refractivity contribution in [1.29, 1.82) is 0 Å². The smallest absolute Gasteiger partial charge is 0.417 e. The van der Waals surface area contributed by atoms with Crippen LogP contribution in [0.3, 0.4) is 0 Å². The molecule has 0 saturated heterocycles. The molecule has 24 heavy (non-hydrogen) atoms. The number of fused-ring (bicyclic) bond motifs is 1. The molecule has 9 heteroatoms. The fraction of sp³-hybridized carbons (Fsp3) is 0.0667. The number of carboxylic acid groups (broad SMARTS) is 1. The molecule has 2 aromatic heterocycles. The first-order valence-electron chi connectivity index (χ1n) is 6.47. The maximum Gasteiger partial charge on any atom is 0.417 e. The number of pyridine rings is 1. The van der Waals surface area contributed by atoms with E-state index in [2.05, 4.69) is 4.98 Å². The summed E-state index contributed by atoms with van der Waals surface area (Å²) in [6.07, 6.45) is -6.35. The van der Waals surface area contributed by atoms with Gasteiger partial charge in [-0.3, -0.25) is 0 Å². The van der Waals surface area contributed by atoms with Gasteiger partial charge in [-0.2, -0.15) is 13.2 Å². The Kier molecular flexibility index (Phi) is 3.71. The molecule has 0 bridgehead atoms. The lowest BCUT2D eigenvalue weighted by Crippen LogP contribution is -2.13. The molecule has 0 saturated carbocycles. The quantitative estimate of drug-likeness (QED) is 0.489. The Hall–Kier alpha value is -2.61. The third-order valence-electron chi connectivity index (χ3n) is 3.37. The van der Waals surface area contributed by atoms with Crippen molar-refractivity contribution in [1.82, 2.24) is 9.55 Å². The fourth-order valence-electron chi connectivity index (χ4n) is 2.42. The van der Waals surface area contributed by atoms with E-state index in [0.29, 0.717) is 22.8 Å². The molecular formula is C15H7ClF4N2O2. The number of carbonyl (C=O) groups is 1. The summed E-state index contributed by atoms with van der Waals surface area (Å²) in [7, 11) is 0. The van der Waals surface area contributed by atoms with Gasteiger partial charge < -0.3 is 5.11 Å². The Morgan fingerprint density at radius 2 is 1.88 bits per heavy atom. The molecule has 4 nitrogen and oxygen atoms in total. The second-order valence-corrected chi connectivity index (χ2v) is 5.27. The Labute approximate surface area is 136 Å². The average molecular weight is 359 g/mol. The molecular weight excluding hydrogens is 352 g/mol. The highest BCUT2D eigenvalue weighted by Crippen LogP contribution is 2.39. The lowest BCUT2D eigenvalue weighted by Gasteiger charge is -2.13. The Balaban J connectivity index is 2.41. The van der Waals surface area contributed by atoms with Crippen LogP contribution in [-0.2, 0) is 6.18 Å². The van der Waals surface area contributed by atoms with Gasteiger partial charge in [-0.1, -0.05) is 11.6 Å². The zero-order valence-electron chi connectivity index (χ0n) is 11.6. The number of nitrogens with zero attached hydrogens (tertiary/aromatic N) is 2. The van der Waals surface area contributed by atoms with Crippen molar-refractivity contribution >= 4 is 28.7 Å².